The van der Waals surface area contributed by atoms with Gasteiger partial charge in [-0.3, -0.25) is 9.69 Å². The maximum absolute atomic E-state index is 12.4. The van der Waals surface area contributed by atoms with Gasteiger partial charge in [0.25, 0.3) is 5.91 Å². The van der Waals surface area contributed by atoms with Crippen molar-refractivity contribution in [2.45, 2.75) is 12.8 Å². The third-order valence-electron chi connectivity index (χ3n) is 3.98. The molecule has 1 aromatic heterocycles. The van der Waals surface area contributed by atoms with Gasteiger partial charge in [0.05, 0.1) is 9.75 Å². The minimum Gasteiger partial charge on any atom is -0.384 e. The Balaban J connectivity index is 1.54. The van der Waals surface area contributed by atoms with Crippen molar-refractivity contribution in [3.63, 3.8) is 0 Å². The molecule has 112 valence electrons. The SMILES string of the molecule is O=C(c1ccc(C#CCO)s1)N1CCN(CC2CC2)CC1. The van der Waals surface area contributed by atoms with Crippen LogP contribution in [0.2, 0.25) is 0 Å². The average molecular weight is 304 g/mol. The maximum Gasteiger partial charge on any atom is 0.264 e. The Kier molecular flexibility index (Phi) is 4.59. The molecule has 2 aliphatic rings. The number of aliphatic hydroxyl groups is 1. The van der Waals surface area contributed by atoms with Gasteiger partial charge in [-0.05, 0) is 30.9 Å². The molecule has 1 amide bonds. The van der Waals surface area contributed by atoms with Crippen LogP contribution in [0.1, 0.15) is 27.4 Å². The molecule has 4 nitrogen and oxygen atoms in total. The van der Waals surface area contributed by atoms with Crippen LogP contribution in [0.25, 0.3) is 0 Å². The fourth-order valence-electron chi connectivity index (χ4n) is 2.60. The molecule has 0 radical (unpaired) electrons. The van der Waals surface area contributed by atoms with Crippen LogP contribution in [-0.2, 0) is 0 Å². The first-order chi connectivity index (χ1) is 10.3. The van der Waals surface area contributed by atoms with Crippen molar-refractivity contribution in [2.75, 3.05) is 39.3 Å². The normalized spacial score (nSPS) is 19.2. The van der Waals surface area contributed by atoms with E-state index in [1.54, 1.807) is 0 Å². The topological polar surface area (TPSA) is 43.8 Å². The van der Waals surface area contributed by atoms with Gasteiger partial charge in [-0.25, -0.2) is 0 Å². The summed E-state index contributed by atoms with van der Waals surface area (Å²) in [7, 11) is 0. The second-order valence-electron chi connectivity index (χ2n) is 5.66. The molecule has 1 aliphatic carbocycles. The molecular formula is C16H20N2O2S. The van der Waals surface area contributed by atoms with Gasteiger partial charge < -0.3 is 10.0 Å². The summed E-state index contributed by atoms with van der Waals surface area (Å²) in [6, 6.07) is 3.69. The Morgan fingerprint density at radius 3 is 2.71 bits per heavy atom. The van der Waals surface area contributed by atoms with E-state index in [0.717, 1.165) is 41.9 Å². The van der Waals surface area contributed by atoms with Gasteiger partial charge >= 0.3 is 0 Å². The second-order valence-corrected chi connectivity index (χ2v) is 6.74. The van der Waals surface area contributed by atoms with Crippen LogP contribution in [-0.4, -0.2) is 60.1 Å². The lowest BCUT2D eigenvalue weighted by atomic mass is 10.2. The molecular weight excluding hydrogens is 284 g/mol. The largest absolute Gasteiger partial charge is 0.384 e. The molecule has 0 bridgehead atoms. The highest BCUT2D eigenvalue weighted by molar-refractivity contribution is 7.14. The summed E-state index contributed by atoms with van der Waals surface area (Å²) in [5, 5.41) is 8.69. The number of hydrogen-bond acceptors (Lipinski definition) is 4. The van der Waals surface area contributed by atoms with Crippen molar-refractivity contribution in [3.8, 4) is 11.8 Å². The zero-order valence-electron chi connectivity index (χ0n) is 12.0. The number of piperazine rings is 1. The standard InChI is InChI=1S/C16H20N2O2S/c19-11-1-2-14-5-6-15(21-14)16(20)18-9-7-17(8-10-18)12-13-3-4-13/h5-6,13,19H,3-4,7-12H2. The number of carbonyl (C=O) groups excluding carboxylic acids is 1. The van der Waals surface area contributed by atoms with Crippen LogP contribution in [0.3, 0.4) is 0 Å². The van der Waals surface area contributed by atoms with Crippen molar-refractivity contribution in [1.29, 1.82) is 0 Å². The van der Waals surface area contributed by atoms with Crippen LogP contribution in [0.5, 0.6) is 0 Å². The highest BCUT2D eigenvalue weighted by Gasteiger charge is 2.28. The molecule has 1 aromatic rings. The Hall–Kier alpha value is -1.35. The van der Waals surface area contributed by atoms with Gasteiger partial charge in [0.1, 0.15) is 6.61 Å². The number of thiophene rings is 1. The van der Waals surface area contributed by atoms with Gasteiger partial charge in [0.15, 0.2) is 0 Å². The molecule has 0 spiro atoms. The summed E-state index contributed by atoms with van der Waals surface area (Å²) in [5.41, 5.74) is 0. The summed E-state index contributed by atoms with van der Waals surface area (Å²) in [6.45, 7) is 4.68. The third kappa shape index (κ3) is 3.85. The first-order valence-electron chi connectivity index (χ1n) is 7.47. The van der Waals surface area contributed by atoms with E-state index in [4.69, 9.17) is 5.11 Å². The van der Waals surface area contributed by atoms with Crippen LogP contribution in [0, 0.1) is 17.8 Å². The summed E-state index contributed by atoms with van der Waals surface area (Å²) in [6.07, 6.45) is 2.76. The van der Waals surface area contributed by atoms with Crippen LogP contribution in [0.15, 0.2) is 12.1 Å². The fourth-order valence-corrected chi connectivity index (χ4v) is 3.45. The number of rotatable bonds is 3. The van der Waals surface area contributed by atoms with E-state index >= 15 is 0 Å². The van der Waals surface area contributed by atoms with Gasteiger partial charge in [0.2, 0.25) is 0 Å². The molecule has 0 atom stereocenters. The Morgan fingerprint density at radius 2 is 2.05 bits per heavy atom. The average Bonchev–Trinajstić information content (AvgIpc) is 3.20. The zero-order valence-corrected chi connectivity index (χ0v) is 12.9. The van der Waals surface area contributed by atoms with Crippen LogP contribution in [0.4, 0.5) is 0 Å². The fraction of sp³-hybridized carbons (Fsp3) is 0.562. The van der Waals surface area contributed by atoms with E-state index in [1.807, 2.05) is 17.0 Å². The number of hydrogen-bond donors (Lipinski definition) is 1. The van der Waals surface area contributed by atoms with Crippen molar-refractivity contribution in [3.05, 3.63) is 21.9 Å². The molecule has 1 N–H and O–H groups in total. The summed E-state index contributed by atoms with van der Waals surface area (Å²) in [5.74, 6) is 6.49. The zero-order chi connectivity index (χ0) is 14.7. The lowest BCUT2D eigenvalue weighted by molar-refractivity contribution is 0.0637. The summed E-state index contributed by atoms with van der Waals surface area (Å²) < 4.78 is 0. The minimum absolute atomic E-state index is 0.114. The number of nitrogens with zero attached hydrogens (tertiary/aromatic N) is 2. The maximum atomic E-state index is 12.4. The lowest BCUT2D eigenvalue weighted by Crippen LogP contribution is -2.49. The summed E-state index contributed by atoms with van der Waals surface area (Å²) >= 11 is 1.41. The van der Waals surface area contributed by atoms with E-state index in [9.17, 15) is 4.79 Å². The Morgan fingerprint density at radius 1 is 1.29 bits per heavy atom. The highest BCUT2D eigenvalue weighted by Crippen LogP contribution is 2.30. The van der Waals surface area contributed by atoms with Gasteiger partial charge in [-0.15, -0.1) is 11.3 Å². The van der Waals surface area contributed by atoms with Gasteiger partial charge in [-0.2, -0.15) is 0 Å². The van der Waals surface area contributed by atoms with Crippen molar-refractivity contribution in [1.82, 2.24) is 9.80 Å². The van der Waals surface area contributed by atoms with E-state index < -0.39 is 0 Å². The van der Waals surface area contributed by atoms with Crippen molar-refractivity contribution < 1.29 is 9.90 Å². The van der Waals surface area contributed by atoms with E-state index in [1.165, 1.54) is 30.7 Å². The molecule has 21 heavy (non-hydrogen) atoms. The Bertz CT molecular complexity index is 560. The predicted octanol–water partition coefficient (Wildman–Crippen LogP) is 1.26. The molecule has 1 aliphatic heterocycles. The van der Waals surface area contributed by atoms with Crippen LogP contribution >= 0.6 is 11.3 Å². The van der Waals surface area contributed by atoms with Gasteiger partial charge in [0, 0.05) is 32.7 Å². The highest BCUT2D eigenvalue weighted by atomic mass is 32.1. The molecule has 2 heterocycles. The van der Waals surface area contributed by atoms with Crippen molar-refractivity contribution >= 4 is 17.2 Å². The van der Waals surface area contributed by atoms with E-state index in [-0.39, 0.29) is 12.5 Å². The third-order valence-corrected chi connectivity index (χ3v) is 4.97. The molecule has 5 heteroatoms. The van der Waals surface area contributed by atoms with Crippen LogP contribution < -0.4 is 0 Å². The summed E-state index contributed by atoms with van der Waals surface area (Å²) in [4.78, 5) is 18.4. The molecule has 0 aromatic carbocycles. The quantitative estimate of drug-likeness (QED) is 0.855. The molecule has 0 unspecified atom stereocenters. The van der Waals surface area contributed by atoms with Gasteiger partial charge in [-0.1, -0.05) is 11.8 Å². The molecule has 3 rings (SSSR count). The first-order valence-corrected chi connectivity index (χ1v) is 8.29. The van der Waals surface area contributed by atoms with Crippen molar-refractivity contribution in [2.24, 2.45) is 5.92 Å². The Labute approximate surface area is 129 Å². The van der Waals surface area contributed by atoms with E-state index in [2.05, 4.69) is 16.7 Å². The second kappa shape index (κ2) is 6.61. The molecule has 1 saturated heterocycles. The van der Waals surface area contributed by atoms with E-state index in [0.29, 0.717) is 0 Å². The number of aliphatic hydroxyl groups excluding tert-OH is 1. The molecule has 1 saturated carbocycles. The smallest absolute Gasteiger partial charge is 0.264 e. The number of amides is 1. The first kappa shape index (κ1) is 14.6. The lowest BCUT2D eigenvalue weighted by Gasteiger charge is -2.34. The minimum atomic E-state index is -0.149. The number of carbonyl (C=O) groups is 1. The molecule has 2 fully saturated rings. The monoisotopic (exact) mass is 304 g/mol. The predicted molar refractivity (Wildman–Crippen MR) is 83.4 cm³/mol.